The minimum absolute atomic E-state index is 0.591. The van der Waals surface area contributed by atoms with Crippen molar-refractivity contribution < 1.29 is 9.47 Å². The summed E-state index contributed by atoms with van der Waals surface area (Å²) in [6.07, 6.45) is 0. The first-order valence-corrected chi connectivity index (χ1v) is 5.60. The molecule has 17 heavy (non-hydrogen) atoms. The number of benzene rings is 2. The molecule has 2 aromatic rings. The van der Waals surface area contributed by atoms with E-state index in [1.54, 1.807) is 7.11 Å². The Morgan fingerprint density at radius 2 is 1.65 bits per heavy atom. The first-order valence-electron chi connectivity index (χ1n) is 5.60. The largest absolute Gasteiger partial charge is 0.497 e. The fourth-order valence-corrected chi connectivity index (χ4v) is 1.64. The first kappa shape index (κ1) is 11.5. The molecule has 0 bridgehead atoms. The smallest absolute Gasteiger partial charge is 0.120 e. The van der Waals surface area contributed by atoms with Crippen molar-refractivity contribution >= 4 is 0 Å². The maximum absolute atomic E-state index is 5.69. The molecule has 2 aromatic carbocycles. The Balaban J connectivity index is 1.97. The standard InChI is InChI=1S/C15H16O2/c1-12-4-3-5-13(10-12)11-17-15-8-6-14(16-2)7-9-15/h3-10H,11H2,1-2H3. The molecule has 0 aliphatic carbocycles. The van der Waals surface area contributed by atoms with Crippen LogP contribution < -0.4 is 9.47 Å². The Hall–Kier alpha value is -1.96. The Morgan fingerprint density at radius 3 is 2.29 bits per heavy atom. The lowest BCUT2D eigenvalue weighted by atomic mass is 10.1. The third-order valence-corrected chi connectivity index (χ3v) is 2.55. The second kappa shape index (κ2) is 5.39. The second-order valence-electron chi connectivity index (χ2n) is 3.95. The van der Waals surface area contributed by atoms with Crippen LogP contribution in [-0.2, 0) is 6.61 Å². The van der Waals surface area contributed by atoms with Gasteiger partial charge in [0, 0.05) is 0 Å². The van der Waals surface area contributed by atoms with Crippen LogP contribution in [0.1, 0.15) is 11.1 Å². The molecular weight excluding hydrogens is 212 g/mol. The minimum atomic E-state index is 0.591. The maximum atomic E-state index is 5.69. The molecule has 0 atom stereocenters. The number of hydrogen-bond donors (Lipinski definition) is 0. The van der Waals surface area contributed by atoms with Crippen molar-refractivity contribution in [3.05, 3.63) is 59.7 Å². The molecule has 88 valence electrons. The SMILES string of the molecule is COc1ccc(OCc2cccc(C)c2)cc1. The van der Waals surface area contributed by atoms with Gasteiger partial charge >= 0.3 is 0 Å². The number of aryl methyl sites for hydroxylation is 1. The zero-order valence-electron chi connectivity index (χ0n) is 10.1. The topological polar surface area (TPSA) is 18.5 Å². The van der Waals surface area contributed by atoms with Crippen LogP contribution in [0.5, 0.6) is 11.5 Å². The molecule has 0 radical (unpaired) electrons. The molecule has 0 amide bonds. The van der Waals surface area contributed by atoms with Gasteiger partial charge in [0.05, 0.1) is 7.11 Å². The summed E-state index contributed by atoms with van der Waals surface area (Å²) in [5.41, 5.74) is 2.43. The van der Waals surface area contributed by atoms with Crippen LogP contribution in [0.15, 0.2) is 48.5 Å². The molecule has 0 fully saturated rings. The number of rotatable bonds is 4. The first-order chi connectivity index (χ1) is 8.28. The number of ether oxygens (including phenoxy) is 2. The lowest BCUT2D eigenvalue weighted by Crippen LogP contribution is -1.95. The quantitative estimate of drug-likeness (QED) is 0.796. The van der Waals surface area contributed by atoms with Gasteiger partial charge in [-0.2, -0.15) is 0 Å². The van der Waals surface area contributed by atoms with E-state index in [1.807, 2.05) is 30.3 Å². The Morgan fingerprint density at radius 1 is 0.941 bits per heavy atom. The van der Waals surface area contributed by atoms with E-state index in [2.05, 4.69) is 25.1 Å². The highest BCUT2D eigenvalue weighted by Gasteiger charge is 1.97. The van der Waals surface area contributed by atoms with Crippen LogP contribution in [0.2, 0.25) is 0 Å². The molecule has 2 heteroatoms. The molecule has 2 nitrogen and oxygen atoms in total. The Labute approximate surface area is 102 Å². The fourth-order valence-electron chi connectivity index (χ4n) is 1.64. The van der Waals surface area contributed by atoms with E-state index < -0.39 is 0 Å². The van der Waals surface area contributed by atoms with Crippen molar-refractivity contribution in [1.82, 2.24) is 0 Å². The molecule has 2 rings (SSSR count). The molecule has 0 saturated carbocycles. The van der Waals surface area contributed by atoms with Gasteiger partial charge in [-0.1, -0.05) is 29.8 Å². The zero-order chi connectivity index (χ0) is 12.1. The van der Waals surface area contributed by atoms with Gasteiger partial charge in [-0.3, -0.25) is 0 Å². The van der Waals surface area contributed by atoms with Crippen molar-refractivity contribution in [1.29, 1.82) is 0 Å². The summed E-state index contributed by atoms with van der Waals surface area (Å²) in [5, 5.41) is 0. The van der Waals surface area contributed by atoms with E-state index in [0.717, 1.165) is 11.5 Å². The number of hydrogen-bond acceptors (Lipinski definition) is 2. The van der Waals surface area contributed by atoms with Crippen molar-refractivity contribution in [2.75, 3.05) is 7.11 Å². The van der Waals surface area contributed by atoms with Gasteiger partial charge in [-0.25, -0.2) is 0 Å². The predicted molar refractivity (Wildman–Crippen MR) is 68.5 cm³/mol. The molecule has 0 aliphatic rings. The Kier molecular flexibility index (Phi) is 3.66. The second-order valence-corrected chi connectivity index (χ2v) is 3.95. The average molecular weight is 228 g/mol. The lowest BCUT2D eigenvalue weighted by Gasteiger charge is -2.07. The highest BCUT2D eigenvalue weighted by atomic mass is 16.5. The summed E-state index contributed by atoms with van der Waals surface area (Å²) >= 11 is 0. The monoisotopic (exact) mass is 228 g/mol. The van der Waals surface area contributed by atoms with Gasteiger partial charge in [-0.05, 0) is 36.8 Å². The summed E-state index contributed by atoms with van der Waals surface area (Å²) < 4.78 is 10.8. The van der Waals surface area contributed by atoms with Gasteiger partial charge in [0.25, 0.3) is 0 Å². The lowest BCUT2D eigenvalue weighted by molar-refractivity contribution is 0.305. The summed E-state index contributed by atoms with van der Waals surface area (Å²) in [5.74, 6) is 1.69. The Bertz CT molecular complexity index is 475. The van der Waals surface area contributed by atoms with E-state index in [-0.39, 0.29) is 0 Å². The van der Waals surface area contributed by atoms with E-state index in [4.69, 9.17) is 9.47 Å². The molecule has 0 aromatic heterocycles. The predicted octanol–water partition coefficient (Wildman–Crippen LogP) is 3.58. The summed E-state index contributed by atoms with van der Waals surface area (Å²) in [6.45, 7) is 2.67. The average Bonchev–Trinajstić information content (AvgIpc) is 2.37. The number of methoxy groups -OCH3 is 1. The zero-order valence-corrected chi connectivity index (χ0v) is 10.1. The van der Waals surface area contributed by atoms with Gasteiger partial charge < -0.3 is 9.47 Å². The van der Waals surface area contributed by atoms with Gasteiger partial charge in [0.2, 0.25) is 0 Å². The molecule has 0 aliphatic heterocycles. The molecule has 0 unspecified atom stereocenters. The maximum Gasteiger partial charge on any atom is 0.120 e. The van der Waals surface area contributed by atoms with Crippen LogP contribution in [0, 0.1) is 6.92 Å². The minimum Gasteiger partial charge on any atom is -0.497 e. The fraction of sp³-hybridized carbons (Fsp3) is 0.200. The van der Waals surface area contributed by atoms with Crippen LogP contribution >= 0.6 is 0 Å². The molecular formula is C15H16O2. The van der Waals surface area contributed by atoms with Crippen molar-refractivity contribution in [3.63, 3.8) is 0 Å². The van der Waals surface area contributed by atoms with Crippen LogP contribution in [0.3, 0.4) is 0 Å². The van der Waals surface area contributed by atoms with Crippen molar-refractivity contribution in [2.24, 2.45) is 0 Å². The summed E-state index contributed by atoms with van der Waals surface area (Å²) in [4.78, 5) is 0. The molecule has 0 spiro atoms. The van der Waals surface area contributed by atoms with Gasteiger partial charge in [0.15, 0.2) is 0 Å². The molecule has 0 N–H and O–H groups in total. The van der Waals surface area contributed by atoms with Crippen LogP contribution in [0.4, 0.5) is 0 Å². The third kappa shape index (κ3) is 3.25. The van der Waals surface area contributed by atoms with E-state index >= 15 is 0 Å². The van der Waals surface area contributed by atoms with Crippen molar-refractivity contribution in [3.8, 4) is 11.5 Å². The van der Waals surface area contributed by atoms with Crippen LogP contribution in [0.25, 0.3) is 0 Å². The van der Waals surface area contributed by atoms with Crippen molar-refractivity contribution in [2.45, 2.75) is 13.5 Å². The normalized spacial score (nSPS) is 10.0. The highest BCUT2D eigenvalue weighted by Crippen LogP contribution is 2.18. The summed E-state index contributed by atoms with van der Waals surface area (Å²) in [6, 6.07) is 15.9. The van der Waals surface area contributed by atoms with E-state index in [9.17, 15) is 0 Å². The van der Waals surface area contributed by atoms with Crippen LogP contribution in [-0.4, -0.2) is 7.11 Å². The van der Waals surface area contributed by atoms with Gasteiger partial charge in [0.1, 0.15) is 18.1 Å². The van der Waals surface area contributed by atoms with Gasteiger partial charge in [-0.15, -0.1) is 0 Å². The van der Waals surface area contributed by atoms with E-state index in [1.165, 1.54) is 11.1 Å². The highest BCUT2D eigenvalue weighted by molar-refractivity contribution is 5.31. The van der Waals surface area contributed by atoms with E-state index in [0.29, 0.717) is 6.61 Å². The molecule has 0 saturated heterocycles. The third-order valence-electron chi connectivity index (χ3n) is 2.55. The summed E-state index contributed by atoms with van der Waals surface area (Å²) in [7, 11) is 1.66. The molecule has 0 heterocycles.